The largest absolute Gasteiger partial charge is 0.375 e. The molecule has 1 aliphatic rings. The zero-order valence-electron chi connectivity index (χ0n) is 17.8. The summed E-state index contributed by atoms with van der Waals surface area (Å²) in [6, 6.07) is 11.8. The van der Waals surface area contributed by atoms with Crippen LogP contribution >= 0.6 is 11.6 Å². The molecule has 3 amide bonds. The van der Waals surface area contributed by atoms with Gasteiger partial charge in [-0.1, -0.05) is 17.7 Å². The maximum atomic E-state index is 12.9. The van der Waals surface area contributed by atoms with Gasteiger partial charge in [0.25, 0.3) is 11.8 Å². The maximum Gasteiger partial charge on any atom is 0.255 e. The van der Waals surface area contributed by atoms with Gasteiger partial charge in [0.15, 0.2) is 0 Å². The molecule has 31 heavy (non-hydrogen) atoms. The smallest absolute Gasteiger partial charge is 0.255 e. The fraction of sp³-hybridized carbons (Fsp3) is 0.348. The standard InChI is InChI=1S/C23H27ClN4O3/c1-27(2)22(30)16-7-6-8-18(13-16)26-21(29)15-25-20-14-17(24)9-10-19(20)23(31)28-11-4-3-5-12-28/h6-10,13-14,25H,3-5,11-12,15H2,1-2H3,(H,26,29). The summed E-state index contributed by atoms with van der Waals surface area (Å²) in [7, 11) is 3.34. The Balaban J connectivity index is 1.66. The van der Waals surface area contributed by atoms with Crippen LogP contribution in [0.2, 0.25) is 5.02 Å². The third-order valence-electron chi connectivity index (χ3n) is 5.09. The molecule has 3 rings (SSSR count). The van der Waals surface area contributed by atoms with Crippen molar-refractivity contribution in [3.63, 3.8) is 0 Å². The van der Waals surface area contributed by atoms with E-state index in [0.717, 1.165) is 32.4 Å². The number of rotatable bonds is 6. The first-order valence-electron chi connectivity index (χ1n) is 10.3. The Kier molecular flexibility index (Phi) is 7.52. The van der Waals surface area contributed by atoms with Crippen LogP contribution in [0.1, 0.15) is 40.0 Å². The molecule has 0 bridgehead atoms. The molecule has 8 heteroatoms. The maximum absolute atomic E-state index is 12.9. The van der Waals surface area contributed by atoms with E-state index in [0.29, 0.717) is 27.5 Å². The number of hydrogen-bond acceptors (Lipinski definition) is 4. The van der Waals surface area contributed by atoms with Gasteiger partial charge in [-0.25, -0.2) is 0 Å². The van der Waals surface area contributed by atoms with Crippen LogP contribution in [0.5, 0.6) is 0 Å². The molecular formula is C23H27ClN4O3. The number of benzene rings is 2. The van der Waals surface area contributed by atoms with Crippen LogP contribution in [-0.4, -0.2) is 61.3 Å². The Labute approximate surface area is 187 Å². The Morgan fingerprint density at radius 1 is 1.03 bits per heavy atom. The molecule has 7 nitrogen and oxygen atoms in total. The molecule has 164 valence electrons. The highest BCUT2D eigenvalue weighted by Crippen LogP contribution is 2.24. The van der Waals surface area contributed by atoms with Crippen molar-refractivity contribution in [2.75, 3.05) is 44.4 Å². The number of halogens is 1. The average molecular weight is 443 g/mol. The summed E-state index contributed by atoms with van der Waals surface area (Å²) in [5.74, 6) is -0.506. The lowest BCUT2D eigenvalue weighted by Crippen LogP contribution is -2.36. The van der Waals surface area contributed by atoms with Crippen molar-refractivity contribution in [3.05, 3.63) is 58.6 Å². The van der Waals surface area contributed by atoms with Crippen LogP contribution in [0.4, 0.5) is 11.4 Å². The third-order valence-corrected chi connectivity index (χ3v) is 5.33. The average Bonchev–Trinajstić information content (AvgIpc) is 2.77. The molecule has 0 radical (unpaired) electrons. The van der Waals surface area contributed by atoms with Crippen LogP contribution in [0.15, 0.2) is 42.5 Å². The predicted molar refractivity (Wildman–Crippen MR) is 123 cm³/mol. The van der Waals surface area contributed by atoms with Gasteiger partial charge in [0.05, 0.1) is 12.1 Å². The van der Waals surface area contributed by atoms with Crippen LogP contribution < -0.4 is 10.6 Å². The number of likely N-dealkylation sites (tertiary alicyclic amines) is 1. The summed E-state index contributed by atoms with van der Waals surface area (Å²) in [4.78, 5) is 40.8. The zero-order valence-corrected chi connectivity index (χ0v) is 18.5. The number of hydrogen-bond donors (Lipinski definition) is 2. The first kappa shape index (κ1) is 22.6. The summed E-state index contributed by atoms with van der Waals surface area (Å²) < 4.78 is 0. The summed E-state index contributed by atoms with van der Waals surface area (Å²) in [6.45, 7) is 1.43. The van der Waals surface area contributed by atoms with Gasteiger partial charge in [0, 0.05) is 49.1 Å². The number of amides is 3. The Morgan fingerprint density at radius 2 is 1.77 bits per heavy atom. The van der Waals surface area contributed by atoms with Gasteiger partial charge >= 0.3 is 0 Å². The monoisotopic (exact) mass is 442 g/mol. The number of nitrogens with one attached hydrogen (secondary N) is 2. The molecule has 0 saturated carbocycles. The van der Waals surface area contributed by atoms with Crippen LogP contribution in [0.3, 0.4) is 0 Å². The Bertz CT molecular complexity index is 971. The fourth-order valence-corrected chi connectivity index (χ4v) is 3.66. The quantitative estimate of drug-likeness (QED) is 0.714. The van der Waals surface area contributed by atoms with E-state index in [1.54, 1.807) is 56.6 Å². The number of carbonyl (C=O) groups excluding carboxylic acids is 3. The summed E-state index contributed by atoms with van der Waals surface area (Å²) >= 11 is 6.12. The topological polar surface area (TPSA) is 81.8 Å². The molecule has 0 spiro atoms. The minimum absolute atomic E-state index is 0.0491. The van der Waals surface area contributed by atoms with E-state index < -0.39 is 0 Å². The van der Waals surface area contributed by atoms with Gasteiger partial charge in [-0.15, -0.1) is 0 Å². The van der Waals surface area contributed by atoms with Gasteiger partial charge in [-0.3, -0.25) is 14.4 Å². The molecule has 1 saturated heterocycles. The van der Waals surface area contributed by atoms with Gasteiger partial charge in [-0.05, 0) is 55.7 Å². The van der Waals surface area contributed by atoms with Crippen LogP contribution in [0, 0.1) is 0 Å². The second-order valence-electron chi connectivity index (χ2n) is 7.72. The predicted octanol–water partition coefficient (Wildman–Crippen LogP) is 3.72. The Hall–Kier alpha value is -3.06. The lowest BCUT2D eigenvalue weighted by Gasteiger charge is -2.27. The molecule has 2 aromatic rings. The first-order valence-corrected chi connectivity index (χ1v) is 10.7. The fourth-order valence-electron chi connectivity index (χ4n) is 3.49. The van der Waals surface area contributed by atoms with E-state index in [4.69, 9.17) is 11.6 Å². The van der Waals surface area contributed by atoms with Crippen molar-refractivity contribution in [1.29, 1.82) is 0 Å². The lowest BCUT2D eigenvalue weighted by atomic mass is 10.1. The molecule has 2 N–H and O–H groups in total. The molecule has 0 atom stereocenters. The molecular weight excluding hydrogens is 416 g/mol. The molecule has 0 unspecified atom stereocenters. The second-order valence-corrected chi connectivity index (χ2v) is 8.16. The molecule has 1 heterocycles. The Morgan fingerprint density at radius 3 is 2.48 bits per heavy atom. The molecule has 2 aromatic carbocycles. The minimum Gasteiger partial charge on any atom is -0.375 e. The highest BCUT2D eigenvalue weighted by molar-refractivity contribution is 6.31. The molecule has 1 fully saturated rings. The minimum atomic E-state index is -0.300. The van der Waals surface area contributed by atoms with Crippen molar-refractivity contribution in [3.8, 4) is 0 Å². The van der Waals surface area contributed by atoms with Crippen molar-refractivity contribution in [2.24, 2.45) is 0 Å². The summed E-state index contributed by atoms with van der Waals surface area (Å²) in [5.41, 5.74) is 2.03. The SMILES string of the molecule is CN(C)C(=O)c1cccc(NC(=O)CNc2cc(Cl)ccc2C(=O)N2CCCCC2)c1. The van der Waals surface area contributed by atoms with Gasteiger partial charge in [0.1, 0.15) is 0 Å². The van der Waals surface area contributed by atoms with E-state index in [1.165, 1.54) is 4.90 Å². The van der Waals surface area contributed by atoms with E-state index in [1.807, 2.05) is 4.90 Å². The van der Waals surface area contributed by atoms with Gasteiger partial charge < -0.3 is 20.4 Å². The first-order chi connectivity index (χ1) is 14.8. The number of anilines is 2. The highest BCUT2D eigenvalue weighted by Gasteiger charge is 2.21. The highest BCUT2D eigenvalue weighted by atomic mass is 35.5. The van der Waals surface area contributed by atoms with E-state index >= 15 is 0 Å². The molecule has 0 aliphatic carbocycles. The normalized spacial score (nSPS) is 13.5. The van der Waals surface area contributed by atoms with E-state index in [-0.39, 0.29) is 24.3 Å². The van der Waals surface area contributed by atoms with E-state index in [2.05, 4.69) is 10.6 Å². The summed E-state index contributed by atoms with van der Waals surface area (Å²) in [5, 5.41) is 6.28. The second kappa shape index (κ2) is 10.3. The van der Waals surface area contributed by atoms with Gasteiger partial charge in [-0.2, -0.15) is 0 Å². The van der Waals surface area contributed by atoms with E-state index in [9.17, 15) is 14.4 Å². The number of carbonyl (C=O) groups is 3. The van der Waals surface area contributed by atoms with Gasteiger partial charge in [0.2, 0.25) is 5.91 Å². The zero-order chi connectivity index (χ0) is 22.4. The van der Waals surface area contributed by atoms with Crippen molar-refractivity contribution in [2.45, 2.75) is 19.3 Å². The van der Waals surface area contributed by atoms with Crippen LogP contribution in [-0.2, 0) is 4.79 Å². The van der Waals surface area contributed by atoms with Crippen LogP contribution in [0.25, 0.3) is 0 Å². The molecule has 0 aromatic heterocycles. The van der Waals surface area contributed by atoms with Crippen molar-refractivity contribution in [1.82, 2.24) is 9.80 Å². The van der Waals surface area contributed by atoms with Crippen molar-refractivity contribution < 1.29 is 14.4 Å². The molecule has 1 aliphatic heterocycles. The third kappa shape index (κ3) is 5.98. The number of piperidine rings is 1. The summed E-state index contributed by atoms with van der Waals surface area (Å²) in [6.07, 6.45) is 3.14. The lowest BCUT2D eigenvalue weighted by molar-refractivity contribution is -0.114. The van der Waals surface area contributed by atoms with Crippen molar-refractivity contribution >= 4 is 40.7 Å². The number of nitrogens with zero attached hydrogens (tertiary/aromatic N) is 2.